The van der Waals surface area contributed by atoms with Crippen LogP contribution in [0.2, 0.25) is 0 Å². The smallest absolute Gasteiger partial charge is 0.214 e. The van der Waals surface area contributed by atoms with E-state index in [2.05, 4.69) is 0 Å². The molecule has 0 aromatic rings. The average molecular weight is 153 g/mol. The van der Waals surface area contributed by atoms with E-state index in [-0.39, 0.29) is 12.0 Å². The number of hydrogen-bond donors (Lipinski definition) is 0. The zero-order valence-corrected chi connectivity index (χ0v) is 6.28. The zero-order chi connectivity index (χ0) is 7.07. The molecule has 0 radical (unpaired) electrons. The SMILES string of the molecule is CCO[C@@H]1[C@@H](C)[C@@]1(F)Cl. The van der Waals surface area contributed by atoms with E-state index in [1.165, 1.54) is 0 Å². The van der Waals surface area contributed by atoms with E-state index in [9.17, 15) is 4.39 Å². The molecule has 0 aliphatic heterocycles. The molecule has 0 bridgehead atoms. The third kappa shape index (κ3) is 1.06. The molecule has 1 nitrogen and oxygen atoms in total. The lowest BCUT2D eigenvalue weighted by Gasteiger charge is -1.95. The molecule has 1 aliphatic carbocycles. The van der Waals surface area contributed by atoms with E-state index >= 15 is 0 Å². The summed E-state index contributed by atoms with van der Waals surface area (Å²) in [6, 6.07) is 0. The summed E-state index contributed by atoms with van der Waals surface area (Å²) in [5.41, 5.74) is 0. The Hall–Kier alpha value is 0.180. The predicted octanol–water partition coefficient (Wildman–Crippen LogP) is 1.95. The molecule has 1 saturated carbocycles. The molecule has 1 fully saturated rings. The minimum Gasteiger partial charge on any atom is -0.373 e. The van der Waals surface area contributed by atoms with Gasteiger partial charge in [0.2, 0.25) is 5.13 Å². The molecule has 1 rings (SSSR count). The van der Waals surface area contributed by atoms with Gasteiger partial charge < -0.3 is 4.74 Å². The maximum atomic E-state index is 12.7. The molecule has 54 valence electrons. The van der Waals surface area contributed by atoms with Crippen molar-refractivity contribution in [2.45, 2.75) is 25.1 Å². The molecule has 0 heterocycles. The van der Waals surface area contributed by atoms with Crippen molar-refractivity contribution in [3.8, 4) is 0 Å². The maximum Gasteiger partial charge on any atom is 0.214 e. The fourth-order valence-electron chi connectivity index (χ4n) is 0.879. The van der Waals surface area contributed by atoms with Gasteiger partial charge in [0.1, 0.15) is 6.10 Å². The van der Waals surface area contributed by atoms with Crippen LogP contribution < -0.4 is 0 Å². The highest BCUT2D eigenvalue weighted by molar-refractivity contribution is 6.25. The van der Waals surface area contributed by atoms with E-state index in [1.807, 2.05) is 6.92 Å². The molecule has 0 aromatic carbocycles. The largest absolute Gasteiger partial charge is 0.373 e. The Morgan fingerprint density at radius 3 is 2.33 bits per heavy atom. The van der Waals surface area contributed by atoms with E-state index in [1.54, 1.807) is 6.92 Å². The Kier molecular flexibility index (Phi) is 1.70. The van der Waals surface area contributed by atoms with Gasteiger partial charge in [-0.3, -0.25) is 0 Å². The number of halogens is 2. The molecule has 0 spiro atoms. The van der Waals surface area contributed by atoms with E-state index in [0.29, 0.717) is 6.61 Å². The quantitative estimate of drug-likeness (QED) is 0.550. The van der Waals surface area contributed by atoms with Crippen LogP contribution in [0.25, 0.3) is 0 Å². The van der Waals surface area contributed by atoms with Crippen LogP contribution in [0.15, 0.2) is 0 Å². The van der Waals surface area contributed by atoms with Gasteiger partial charge in [0.25, 0.3) is 0 Å². The van der Waals surface area contributed by atoms with Gasteiger partial charge in [-0.25, -0.2) is 4.39 Å². The van der Waals surface area contributed by atoms with E-state index < -0.39 is 5.13 Å². The second kappa shape index (κ2) is 2.10. The Bertz CT molecular complexity index is 116. The third-order valence-electron chi connectivity index (χ3n) is 1.68. The first-order chi connectivity index (χ1) is 4.10. The number of alkyl halides is 2. The molecule has 0 aromatic heterocycles. The molecule has 3 heteroatoms. The summed E-state index contributed by atoms with van der Waals surface area (Å²) in [4.78, 5) is 0. The summed E-state index contributed by atoms with van der Waals surface area (Å²) in [5.74, 6) is -0.140. The Morgan fingerprint density at radius 1 is 1.78 bits per heavy atom. The molecule has 9 heavy (non-hydrogen) atoms. The minimum atomic E-state index is -1.57. The third-order valence-corrected chi connectivity index (χ3v) is 2.24. The van der Waals surface area contributed by atoms with Crippen LogP contribution >= 0.6 is 11.6 Å². The average Bonchev–Trinajstić information content (AvgIpc) is 2.19. The van der Waals surface area contributed by atoms with Crippen molar-refractivity contribution in [1.29, 1.82) is 0 Å². The monoisotopic (exact) mass is 152 g/mol. The first kappa shape index (κ1) is 7.29. The molecular formula is C6H10ClFO. The standard InChI is InChI=1S/C6H10ClFO/c1-3-9-5-4(2)6(5,7)8/h4-5H,3H2,1-2H3/t4-,5-,6+/m1/s1. The predicted molar refractivity (Wildman–Crippen MR) is 34.3 cm³/mol. The van der Waals surface area contributed by atoms with Crippen LogP contribution in [0.4, 0.5) is 4.39 Å². The fourth-order valence-corrected chi connectivity index (χ4v) is 1.18. The van der Waals surface area contributed by atoms with Gasteiger partial charge in [0.05, 0.1) is 0 Å². The molecule has 0 amide bonds. The summed E-state index contributed by atoms with van der Waals surface area (Å²) < 4.78 is 17.7. The van der Waals surface area contributed by atoms with Gasteiger partial charge in [-0.05, 0) is 6.92 Å². The van der Waals surface area contributed by atoms with Crippen LogP contribution in [-0.2, 0) is 4.74 Å². The van der Waals surface area contributed by atoms with Gasteiger partial charge in [0, 0.05) is 12.5 Å². The summed E-state index contributed by atoms with van der Waals surface area (Å²) in [5, 5.41) is -1.57. The van der Waals surface area contributed by atoms with Crippen LogP contribution in [-0.4, -0.2) is 17.8 Å². The van der Waals surface area contributed by atoms with Gasteiger partial charge in [0.15, 0.2) is 0 Å². The van der Waals surface area contributed by atoms with E-state index in [4.69, 9.17) is 16.3 Å². The molecular weight excluding hydrogens is 143 g/mol. The summed E-state index contributed by atoms with van der Waals surface area (Å²) in [7, 11) is 0. The first-order valence-electron chi connectivity index (χ1n) is 3.10. The highest BCUT2D eigenvalue weighted by Crippen LogP contribution is 2.52. The van der Waals surface area contributed by atoms with E-state index in [0.717, 1.165) is 0 Å². The maximum absolute atomic E-state index is 12.7. The van der Waals surface area contributed by atoms with Gasteiger partial charge in [-0.1, -0.05) is 18.5 Å². The fraction of sp³-hybridized carbons (Fsp3) is 1.00. The summed E-state index contributed by atoms with van der Waals surface area (Å²) in [6.07, 6.45) is -0.371. The molecule has 0 N–H and O–H groups in total. The van der Waals surface area contributed by atoms with Gasteiger partial charge in [-0.2, -0.15) is 0 Å². The highest BCUT2D eigenvalue weighted by atomic mass is 35.5. The lowest BCUT2D eigenvalue weighted by Crippen LogP contribution is -2.01. The summed E-state index contributed by atoms with van der Waals surface area (Å²) in [6.45, 7) is 4.11. The Labute approximate surface area is 59.1 Å². The molecule has 3 atom stereocenters. The summed E-state index contributed by atoms with van der Waals surface area (Å²) >= 11 is 5.34. The number of rotatable bonds is 2. The second-order valence-electron chi connectivity index (χ2n) is 2.34. The Morgan fingerprint density at radius 2 is 2.22 bits per heavy atom. The van der Waals surface area contributed by atoms with Gasteiger partial charge >= 0.3 is 0 Å². The van der Waals surface area contributed by atoms with Crippen molar-refractivity contribution in [2.24, 2.45) is 5.92 Å². The molecule has 1 aliphatic rings. The van der Waals surface area contributed by atoms with Crippen molar-refractivity contribution in [1.82, 2.24) is 0 Å². The van der Waals surface area contributed by atoms with Crippen molar-refractivity contribution >= 4 is 11.6 Å². The topological polar surface area (TPSA) is 9.23 Å². The first-order valence-corrected chi connectivity index (χ1v) is 3.48. The van der Waals surface area contributed by atoms with Crippen LogP contribution in [0.5, 0.6) is 0 Å². The van der Waals surface area contributed by atoms with Crippen molar-refractivity contribution in [3.05, 3.63) is 0 Å². The lowest BCUT2D eigenvalue weighted by atomic mass is 10.5. The molecule has 0 unspecified atom stereocenters. The number of hydrogen-bond acceptors (Lipinski definition) is 1. The second-order valence-corrected chi connectivity index (χ2v) is 2.92. The number of ether oxygens (including phenoxy) is 1. The van der Waals surface area contributed by atoms with Gasteiger partial charge in [-0.15, -0.1) is 0 Å². The molecule has 0 saturated heterocycles. The normalized spacial score (nSPS) is 49.3. The minimum absolute atomic E-state index is 0.140. The highest BCUT2D eigenvalue weighted by Gasteiger charge is 2.64. The van der Waals surface area contributed by atoms with Crippen molar-refractivity contribution in [3.63, 3.8) is 0 Å². The van der Waals surface area contributed by atoms with Crippen LogP contribution in [0, 0.1) is 5.92 Å². The Balaban J connectivity index is 2.33. The van der Waals surface area contributed by atoms with Crippen molar-refractivity contribution in [2.75, 3.05) is 6.61 Å². The zero-order valence-electron chi connectivity index (χ0n) is 5.53. The van der Waals surface area contributed by atoms with Crippen LogP contribution in [0.1, 0.15) is 13.8 Å². The lowest BCUT2D eigenvalue weighted by molar-refractivity contribution is 0.102. The van der Waals surface area contributed by atoms with Crippen LogP contribution in [0.3, 0.4) is 0 Å². The van der Waals surface area contributed by atoms with Crippen molar-refractivity contribution < 1.29 is 9.13 Å².